The highest BCUT2D eigenvalue weighted by atomic mass is 19.1. The lowest BCUT2D eigenvalue weighted by Crippen LogP contribution is -1.99. The first-order valence-corrected chi connectivity index (χ1v) is 3.91. The fraction of sp³-hybridized carbons (Fsp3) is 0.200. The molecule has 0 fully saturated rings. The largest absolute Gasteiger partial charge is 0.486 e. The van der Waals surface area contributed by atoms with Crippen molar-refractivity contribution < 1.29 is 14.2 Å². The lowest BCUT2D eigenvalue weighted by Gasteiger charge is -2.08. The Balaban J connectivity index is 2.93. The summed E-state index contributed by atoms with van der Waals surface area (Å²) in [5.74, 6) is -0.363. The molecule has 1 aromatic carbocycles. The summed E-state index contributed by atoms with van der Waals surface area (Å²) in [6.45, 7) is 3.45. The molecule has 70 valence electrons. The van der Waals surface area contributed by atoms with Gasteiger partial charge in [0.2, 0.25) is 0 Å². The van der Waals surface area contributed by atoms with Crippen LogP contribution in [0.15, 0.2) is 30.9 Å². The quantitative estimate of drug-likeness (QED) is 0.720. The standard InChI is InChI=1S/C10H11FO2/c1-2-6-13-10-8(7-12)4-3-5-9(10)11/h2-5,12H,1,6-7H2. The first-order chi connectivity index (χ1) is 6.29. The smallest absolute Gasteiger partial charge is 0.165 e. The molecule has 13 heavy (non-hydrogen) atoms. The van der Waals surface area contributed by atoms with Crippen molar-refractivity contribution in [3.8, 4) is 5.75 Å². The highest BCUT2D eigenvalue weighted by molar-refractivity contribution is 5.34. The third-order valence-corrected chi connectivity index (χ3v) is 1.56. The minimum Gasteiger partial charge on any atom is -0.486 e. The van der Waals surface area contributed by atoms with E-state index in [1.165, 1.54) is 18.2 Å². The summed E-state index contributed by atoms with van der Waals surface area (Å²) in [5, 5.41) is 8.87. The summed E-state index contributed by atoms with van der Waals surface area (Å²) < 4.78 is 18.1. The van der Waals surface area contributed by atoms with E-state index in [-0.39, 0.29) is 19.0 Å². The molecule has 1 aromatic rings. The van der Waals surface area contributed by atoms with E-state index in [1.54, 1.807) is 6.07 Å². The van der Waals surface area contributed by atoms with Gasteiger partial charge in [0, 0.05) is 5.56 Å². The first kappa shape index (κ1) is 9.74. The van der Waals surface area contributed by atoms with Gasteiger partial charge in [-0.2, -0.15) is 0 Å². The van der Waals surface area contributed by atoms with Crippen LogP contribution in [0.4, 0.5) is 4.39 Å². The van der Waals surface area contributed by atoms with Gasteiger partial charge < -0.3 is 9.84 Å². The molecule has 0 radical (unpaired) electrons. The van der Waals surface area contributed by atoms with Gasteiger partial charge in [-0.15, -0.1) is 0 Å². The molecule has 0 aliphatic heterocycles. The van der Waals surface area contributed by atoms with Crippen LogP contribution in [0.2, 0.25) is 0 Å². The minimum atomic E-state index is -0.464. The number of hydrogen-bond acceptors (Lipinski definition) is 2. The van der Waals surface area contributed by atoms with Crippen molar-refractivity contribution >= 4 is 0 Å². The van der Waals surface area contributed by atoms with E-state index < -0.39 is 5.82 Å². The molecule has 0 spiro atoms. The van der Waals surface area contributed by atoms with Crippen molar-refractivity contribution in [2.24, 2.45) is 0 Å². The van der Waals surface area contributed by atoms with Gasteiger partial charge in [-0.3, -0.25) is 0 Å². The maximum atomic E-state index is 13.1. The third kappa shape index (κ3) is 2.29. The zero-order valence-electron chi connectivity index (χ0n) is 7.16. The van der Waals surface area contributed by atoms with Crippen LogP contribution in [0.25, 0.3) is 0 Å². The highest BCUT2D eigenvalue weighted by Gasteiger charge is 2.07. The molecule has 1 N–H and O–H groups in total. The third-order valence-electron chi connectivity index (χ3n) is 1.56. The average molecular weight is 182 g/mol. The van der Waals surface area contributed by atoms with Gasteiger partial charge in [-0.05, 0) is 6.07 Å². The second-order valence-electron chi connectivity index (χ2n) is 2.49. The Morgan fingerprint density at radius 1 is 1.54 bits per heavy atom. The van der Waals surface area contributed by atoms with E-state index in [1.807, 2.05) is 0 Å². The molecule has 0 heterocycles. The number of benzene rings is 1. The number of hydrogen-bond donors (Lipinski definition) is 1. The molecule has 0 unspecified atom stereocenters. The second-order valence-corrected chi connectivity index (χ2v) is 2.49. The maximum Gasteiger partial charge on any atom is 0.165 e. The molecule has 0 bridgehead atoms. The molecular weight excluding hydrogens is 171 g/mol. The predicted molar refractivity (Wildman–Crippen MR) is 48.0 cm³/mol. The van der Waals surface area contributed by atoms with E-state index in [0.717, 1.165) is 0 Å². The van der Waals surface area contributed by atoms with Gasteiger partial charge in [0.15, 0.2) is 11.6 Å². The van der Waals surface area contributed by atoms with Crippen molar-refractivity contribution in [3.63, 3.8) is 0 Å². The number of rotatable bonds is 4. The molecule has 2 nitrogen and oxygen atoms in total. The SMILES string of the molecule is C=CCOc1c(F)cccc1CO. The number of para-hydroxylation sites is 1. The predicted octanol–water partition coefficient (Wildman–Crippen LogP) is 1.88. The van der Waals surface area contributed by atoms with Crippen molar-refractivity contribution in [2.45, 2.75) is 6.61 Å². The normalized spacial score (nSPS) is 9.69. The van der Waals surface area contributed by atoms with Gasteiger partial charge in [0.25, 0.3) is 0 Å². The fourth-order valence-electron chi connectivity index (χ4n) is 0.982. The first-order valence-electron chi connectivity index (χ1n) is 3.91. The summed E-state index contributed by atoms with van der Waals surface area (Å²) in [7, 11) is 0. The second kappa shape index (κ2) is 4.62. The molecule has 0 aromatic heterocycles. The fourth-order valence-corrected chi connectivity index (χ4v) is 0.982. The Labute approximate surface area is 76.3 Å². The van der Waals surface area contributed by atoms with Gasteiger partial charge in [-0.25, -0.2) is 4.39 Å². The maximum absolute atomic E-state index is 13.1. The van der Waals surface area contributed by atoms with Crippen molar-refractivity contribution in [2.75, 3.05) is 6.61 Å². The molecule has 0 saturated carbocycles. The van der Waals surface area contributed by atoms with E-state index >= 15 is 0 Å². The van der Waals surface area contributed by atoms with Crippen LogP contribution in [0.3, 0.4) is 0 Å². The van der Waals surface area contributed by atoms with E-state index in [9.17, 15) is 4.39 Å². The van der Waals surface area contributed by atoms with Gasteiger partial charge >= 0.3 is 0 Å². The van der Waals surface area contributed by atoms with E-state index in [4.69, 9.17) is 9.84 Å². The zero-order valence-corrected chi connectivity index (χ0v) is 7.16. The summed E-state index contributed by atoms with van der Waals surface area (Å²) in [4.78, 5) is 0. The summed E-state index contributed by atoms with van der Waals surface area (Å²) in [5.41, 5.74) is 0.446. The molecule has 0 aliphatic rings. The Bertz CT molecular complexity index is 297. The number of aliphatic hydroxyl groups is 1. The van der Waals surface area contributed by atoms with Crippen LogP contribution < -0.4 is 4.74 Å². The summed E-state index contributed by atoms with van der Waals surface area (Å²) >= 11 is 0. The van der Waals surface area contributed by atoms with Crippen LogP contribution >= 0.6 is 0 Å². The summed E-state index contributed by atoms with van der Waals surface area (Å²) in [6, 6.07) is 4.43. The molecule has 1 rings (SSSR count). The highest BCUT2D eigenvalue weighted by Crippen LogP contribution is 2.22. The van der Waals surface area contributed by atoms with Crippen molar-refractivity contribution in [1.82, 2.24) is 0 Å². The summed E-state index contributed by atoms with van der Waals surface area (Å²) in [6.07, 6.45) is 1.52. The molecule has 3 heteroatoms. The molecule has 0 atom stereocenters. The van der Waals surface area contributed by atoms with Gasteiger partial charge in [0.05, 0.1) is 6.61 Å². The zero-order chi connectivity index (χ0) is 9.68. The minimum absolute atomic E-state index is 0.102. The van der Waals surface area contributed by atoms with Crippen molar-refractivity contribution in [1.29, 1.82) is 0 Å². The lowest BCUT2D eigenvalue weighted by atomic mass is 10.2. The number of ether oxygens (including phenoxy) is 1. The average Bonchev–Trinajstić information content (AvgIpc) is 2.15. The van der Waals surface area contributed by atoms with Crippen LogP contribution in [0, 0.1) is 5.82 Å². The van der Waals surface area contributed by atoms with Crippen LogP contribution in [0.1, 0.15) is 5.56 Å². The Morgan fingerprint density at radius 2 is 2.31 bits per heavy atom. The molecular formula is C10H11FO2. The van der Waals surface area contributed by atoms with Crippen LogP contribution in [0.5, 0.6) is 5.75 Å². The van der Waals surface area contributed by atoms with E-state index in [2.05, 4.69) is 6.58 Å². The number of halogens is 1. The monoisotopic (exact) mass is 182 g/mol. The lowest BCUT2D eigenvalue weighted by molar-refractivity contribution is 0.265. The van der Waals surface area contributed by atoms with Crippen LogP contribution in [-0.2, 0) is 6.61 Å². The Kier molecular flexibility index (Phi) is 3.46. The van der Waals surface area contributed by atoms with Crippen molar-refractivity contribution in [3.05, 3.63) is 42.2 Å². The van der Waals surface area contributed by atoms with Gasteiger partial charge in [-0.1, -0.05) is 24.8 Å². The topological polar surface area (TPSA) is 29.5 Å². The van der Waals surface area contributed by atoms with E-state index in [0.29, 0.717) is 5.56 Å². The Morgan fingerprint density at radius 3 is 2.92 bits per heavy atom. The molecule has 0 amide bonds. The Hall–Kier alpha value is -1.35. The molecule has 0 aliphatic carbocycles. The van der Waals surface area contributed by atoms with Gasteiger partial charge in [0.1, 0.15) is 6.61 Å². The van der Waals surface area contributed by atoms with Crippen LogP contribution in [-0.4, -0.2) is 11.7 Å². The molecule has 0 saturated heterocycles. The number of aliphatic hydroxyl groups excluding tert-OH is 1.